The molecule has 0 aromatic heterocycles. The first kappa shape index (κ1) is 23.3. The summed E-state index contributed by atoms with van der Waals surface area (Å²) < 4.78 is 25.3. The van der Waals surface area contributed by atoms with Crippen LogP contribution in [0, 0.1) is 5.41 Å². The van der Waals surface area contributed by atoms with Crippen LogP contribution in [0.15, 0.2) is 30.3 Å². The molecule has 1 N–H and O–H groups in total. The Hall–Kier alpha value is -2.98. The van der Waals surface area contributed by atoms with Gasteiger partial charge in [-0.2, -0.15) is 0 Å². The van der Waals surface area contributed by atoms with Crippen molar-refractivity contribution in [2.75, 3.05) is 27.1 Å². The lowest BCUT2D eigenvalue weighted by molar-refractivity contribution is -0.205. The lowest BCUT2D eigenvalue weighted by atomic mass is 9.87. The van der Waals surface area contributed by atoms with E-state index in [2.05, 4.69) is 10.1 Å². The molecule has 164 valence electrons. The molecule has 30 heavy (non-hydrogen) atoms. The molecule has 1 fully saturated rings. The summed E-state index contributed by atoms with van der Waals surface area (Å²) >= 11 is 0. The number of cyclic esters (lactones) is 1. The number of rotatable bonds is 8. The first-order valence-corrected chi connectivity index (χ1v) is 9.25. The zero-order valence-electron chi connectivity index (χ0n) is 17.0. The van der Waals surface area contributed by atoms with Crippen LogP contribution in [0.5, 0.6) is 0 Å². The molecule has 1 heterocycles. The van der Waals surface area contributed by atoms with Gasteiger partial charge in [-0.15, -0.1) is 0 Å². The van der Waals surface area contributed by atoms with Crippen LogP contribution in [-0.4, -0.2) is 63.3 Å². The highest BCUT2D eigenvalue weighted by Gasteiger charge is 2.44. The lowest BCUT2D eigenvalue weighted by Gasteiger charge is -2.29. The highest BCUT2D eigenvalue weighted by Crippen LogP contribution is 2.28. The first-order chi connectivity index (χ1) is 14.2. The van der Waals surface area contributed by atoms with Gasteiger partial charge in [-0.1, -0.05) is 32.0 Å². The topological polar surface area (TPSA) is 126 Å². The molecule has 0 bridgehead atoms. The van der Waals surface area contributed by atoms with Gasteiger partial charge in [0.2, 0.25) is 0 Å². The van der Waals surface area contributed by atoms with Gasteiger partial charge in [-0.05, 0) is 12.1 Å². The first-order valence-electron chi connectivity index (χ1n) is 9.25. The minimum atomic E-state index is -1.46. The Balaban J connectivity index is 1.88. The van der Waals surface area contributed by atoms with Crippen molar-refractivity contribution in [2.24, 2.45) is 5.41 Å². The van der Waals surface area contributed by atoms with Gasteiger partial charge in [-0.25, -0.2) is 9.59 Å². The second-order valence-corrected chi connectivity index (χ2v) is 7.15. The van der Waals surface area contributed by atoms with Crippen LogP contribution in [0.4, 0.5) is 0 Å². The van der Waals surface area contributed by atoms with Crippen molar-refractivity contribution in [2.45, 2.75) is 32.7 Å². The number of hydrogen-bond donors (Lipinski definition) is 1. The second-order valence-electron chi connectivity index (χ2n) is 7.15. The van der Waals surface area contributed by atoms with Crippen LogP contribution < -0.4 is 5.32 Å². The Morgan fingerprint density at radius 2 is 1.90 bits per heavy atom. The van der Waals surface area contributed by atoms with Crippen molar-refractivity contribution in [1.82, 2.24) is 5.32 Å². The Labute approximate surface area is 173 Å². The van der Waals surface area contributed by atoms with E-state index >= 15 is 0 Å². The maximum atomic E-state index is 12.4. The summed E-state index contributed by atoms with van der Waals surface area (Å²) in [6.07, 6.45) is -2.64. The Bertz CT molecular complexity index is 763. The van der Waals surface area contributed by atoms with Crippen LogP contribution in [0.2, 0.25) is 0 Å². The number of carbonyl (C=O) groups excluding carboxylic acids is 4. The molecule has 0 aliphatic carbocycles. The highest BCUT2D eigenvalue weighted by atomic mass is 16.8. The van der Waals surface area contributed by atoms with Crippen molar-refractivity contribution in [3.63, 3.8) is 0 Å². The molecule has 1 aromatic carbocycles. The Morgan fingerprint density at radius 1 is 1.20 bits per heavy atom. The maximum Gasteiger partial charge on any atom is 0.364 e. The molecular formula is C20H25NO9. The number of benzene rings is 1. The van der Waals surface area contributed by atoms with Gasteiger partial charge in [0.05, 0.1) is 25.7 Å². The van der Waals surface area contributed by atoms with Crippen LogP contribution in [0.3, 0.4) is 0 Å². The normalized spacial score (nSPS) is 20.4. The Kier molecular flexibility index (Phi) is 8.31. The molecule has 1 aliphatic heterocycles. The molecule has 1 saturated heterocycles. The van der Waals surface area contributed by atoms with Crippen molar-refractivity contribution >= 4 is 23.8 Å². The predicted octanol–water partition coefficient (Wildman–Crippen LogP) is 0.791. The van der Waals surface area contributed by atoms with E-state index in [1.807, 2.05) is 0 Å². The smallest absolute Gasteiger partial charge is 0.364 e. The van der Waals surface area contributed by atoms with Gasteiger partial charge < -0.3 is 29.0 Å². The van der Waals surface area contributed by atoms with Crippen LogP contribution in [0.1, 0.15) is 30.6 Å². The summed E-state index contributed by atoms with van der Waals surface area (Å²) in [6, 6.07) is 8.27. The molecule has 10 heteroatoms. The predicted molar refractivity (Wildman–Crippen MR) is 101 cm³/mol. The molecular weight excluding hydrogens is 398 g/mol. The highest BCUT2D eigenvalue weighted by molar-refractivity contribution is 5.89. The molecule has 2 rings (SSSR count). The minimum absolute atomic E-state index is 0.0155. The van der Waals surface area contributed by atoms with Crippen molar-refractivity contribution in [1.29, 1.82) is 0 Å². The van der Waals surface area contributed by atoms with E-state index in [0.29, 0.717) is 5.56 Å². The van der Waals surface area contributed by atoms with E-state index in [9.17, 15) is 19.2 Å². The second kappa shape index (κ2) is 10.7. The summed E-state index contributed by atoms with van der Waals surface area (Å²) in [7, 11) is 1.24. The van der Waals surface area contributed by atoms with Gasteiger partial charge in [0.15, 0.2) is 12.9 Å². The Morgan fingerprint density at radius 3 is 2.57 bits per heavy atom. The molecule has 1 aliphatic rings. The number of nitrogens with one attached hydrogen (secondary N) is 1. The average Bonchev–Trinajstić information content (AvgIpc) is 2.84. The molecule has 0 radical (unpaired) electrons. The van der Waals surface area contributed by atoms with Gasteiger partial charge in [0.25, 0.3) is 12.2 Å². The van der Waals surface area contributed by atoms with E-state index in [1.165, 1.54) is 7.11 Å². The summed E-state index contributed by atoms with van der Waals surface area (Å²) in [6.45, 7) is 2.83. The van der Waals surface area contributed by atoms with E-state index in [1.54, 1.807) is 44.2 Å². The monoisotopic (exact) mass is 423 g/mol. The SMILES string of the molecule is COC(=O)CCNC(=O)[C@@H]1OC(=O)C(OCOC(=O)c2ccccc2)OCC1(C)C. The summed E-state index contributed by atoms with van der Waals surface area (Å²) in [5.41, 5.74) is -0.542. The molecule has 0 saturated carbocycles. The fourth-order valence-corrected chi connectivity index (χ4v) is 2.58. The summed E-state index contributed by atoms with van der Waals surface area (Å²) in [5.74, 6) is -2.60. The molecule has 0 spiro atoms. The maximum absolute atomic E-state index is 12.4. The fourth-order valence-electron chi connectivity index (χ4n) is 2.58. The summed E-state index contributed by atoms with van der Waals surface area (Å²) in [4.78, 5) is 47.8. The van der Waals surface area contributed by atoms with Crippen LogP contribution in [0.25, 0.3) is 0 Å². The third kappa shape index (κ3) is 6.53. The molecule has 10 nitrogen and oxygen atoms in total. The van der Waals surface area contributed by atoms with Gasteiger partial charge >= 0.3 is 17.9 Å². The van der Waals surface area contributed by atoms with E-state index in [-0.39, 0.29) is 19.6 Å². The fraction of sp³-hybridized carbons (Fsp3) is 0.500. The van der Waals surface area contributed by atoms with E-state index < -0.39 is 48.4 Å². The van der Waals surface area contributed by atoms with Gasteiger partial charge in [0.1, 0.15) is 0 Å². The third-order valence-electron chi connectivity index (χ3n) is 4.26. The van der Waals surface area contributed by atoms with E-state index in [0.717, 1.165) is 0 Å². The van der Waals surface area contributed by atoms with Crippen LogP contribution >= 0.6 is 0 Å². The number of ether oxygens (including phenoxy) is 5. The molecule has 2 atom stereocenters. The van der Waals surface area contributed by atoms with Crippen LogP contribution in [-0.2, 0) is 38.1 Å². The van der Waals surface area contributed by atoms with Gasteiger partial charge in [0, 0.05) is 12.0 Å². The average molecular weight is 423 g/mol. The minimum Gasteiger partial charge on any atom is -0.469 e. The van der Waals surface area contributed by atoms with E-state index in [4.69, 9.17) is 18.9 Å². The summed E-state index contributed by atoms with van der Waals surface area (Å²) in [5, 5.41) is 2.53. The molecule has 1 unspecified atom stereocenters. The number of methoxy groups -OCH3 is 1. The van der Waals surface area contributed by atoms with Crippen molar-refractivity contribution in [3.05, 3.63) is 35.9 Å². The molecule has 1 amide bonds. The largest absolute Gasteiger partial charge is 0.469 e. The van der Waals surface area contributed by atoms with Crippen molar-refractivity contribution < 1.29 is 42.9 Å². The molecule has 1 aromatic rings. The third-order valence-corrected chi connectivity index (χ3v) is 4.26. The zero-order valence-corrected chi connectivity index (χ0v) is 17.0. The number of hydrogen-bond acceptors (Lipinski definition) is 9. The number of amides is 1. The van der Waals surface area contributed by atoms with Gasteiger partial charge in [-0.3, -0.25) is 9.59 Å². The lowest BCUT2D eigenvalue weighted by Crippen LogP contribution is -2.47. The number of esters is 3. The number of carbonyl (C=O) groups is 4. The zero-order chi connectivity index (χ0) is 22.1. The van der Waals surface area contributed by atoms with Crippen molar-refractivity contribution in [3.8, 4) is 0 Å². The quantitative estimate of drug-likeness (QED) is 0.367. The standard InChI is InChI=1S/C20H25NO9/c1-20(2)11-27-19(29-12-28-17(24)13-7-5-4-6-8-13)18(25)30-15(20)16(23)21-10-9-14(22)26-3/h4-8,15,19H,9-12H2,1-3H3,(H,21,23)/t15-,19?/m0/s1.